The van der Waals surface area contributed by atoms with Crippen LogP contribution in [0.1, 0.15) is 23.2 Å². The highest BCUT2D eigenvalue weighted by atomic mass is 35.5. The molecule has 4 aromatic rings. The molecule has 5 rings (SSSR count). The predicted molar refractivity (Wildman–Crippen MR) is 133 cm³/mol. The minimum Gasteiger partial charge on any atom is -0.456 e. The third kappa shape index (κ3) is 4.12. The van der Waals surface area contributed by atoms with E-state index in [4.69, 9.17) is 16.0 Å². The summed E-state index contributed by atoms with van der Waals surface area (Å²) < 4.78 is 33.4. The Morgan fingerprint density at radius 1 is 1.00 bits per heavy atom. The Hall–Kier alpha value is -2.52. The van der Waals surface area contributed by atoms with Gasteiger partial charge < -0.3 is 9.73 Å². The van der Waals surface area contributed by atoms with Gasteiger partial charge in [-0.15, -0.1) is 11.8 Å². The first-order chi connectivity index (χ1) is 15.9. The van der Waals surface area contributed by atoms with Gasteiger partial charge >= 0.3 is 0 Å². The monoisotopic (exact) mass is 500 g/mol. The van der Waals surface area contributed by atoms with E-state index in [0.29, 0.717) is 40.5 Å². The Kier molecular flexibility index (Phi) is 5.86. The van der Waals surface area contributed by atoms with Crippen molar-refractivity contribution in [2.75, 3.05) is 24.7 Å². The number of benzene rings is 3. The zero-order valence-electron chi connectivity index (χ0n) is 17.8. The van der Waals surface area contributed by atoms with E-state index < -0.39 is 10.0 Å². The summed E-state index contributed by atoms with van der Waals surface area (Å²) in [5.41, 5.74) is 2.10. The van der Waals surface area contributed by atoms with Crippen molar-refractivity contribution in [3.05, 3.63) is 65.2 Å². The van der Waals surface area contributed by atoms with Crippen molar-refractivity contribution in [3.8, 4) is 0 Å². The highest BCUT2D eigenvalue weighted by Gasteiger charge is 2.27. The quantitative estimate of drug-likeness (QED) is 0.340. The average molecular weight is 501 g/mol. The first kappa shape index (κ1) is 22.3. The van der Waals surface area contributed by atoms with Crippen LogP contribution < -0.4 is 5.32 Å². The summed E-state index contributed by atoms with van der Waals surface area (Å²) in [7, 11) is -3.52. The number of hydrogen-bond acceptors (Lipinski definition) is 5. The molecule has 3 aromatic carbocycles. The maximum absolute atomic E-state index is 13.0. The minimum absolute atomic E-state index is 0.264. The Balaban J connectivity index is 1.47. The number of carbonyl (C=O) groups is 1. The molecule has 0 unspecified atom stereocenters. The van der Waals surface area contributed by atoms with E-state index in [1.165, 1.54) is 16.1 Å². The van der Waals surface area contributed by atoms with Crippen LogP contribution in [0.15, 0.2) is 68.8 Å². The van der Waals surface area contributed by atoms with Crippen molar-refractivity contribution in [3.63, 3.8) is 0 Å². The predicted octanol–water partition coefficient (Wildman–Crippen LogP) is 6.00. The molecule has 1 fully saturated rings. The normalized spacial score (nSPS) is 14.8. The van der Waals surface area contributed by atoms with Crippen molar-refractivity contribution in [2.45, 2.75) is 22.6 Å². The number of furan rings is 1. The molecule has 1 aliphatic rings. The second kappa shape index (κ2) is 8.68. The fourth-order valence-corrected chi connectivity index (χ4v) is 6.26. The van der Waals surface area contributed by atoms with Gasteiger partial charge in [0, 0.05) is 40.5 Å². The lowest BCUT2D eigenvalue weighted by molar-refractivity contribution is 0.102. The molecule has 170 valence electrons. The van der Waals surface area contributed by atoms with Crippen LogP contribution in [-0.2, 0) is 10.0 Å². The van der Waals surface area contributed by atoms with Crippen LogP contribution in [0.5, 0.6) is 0 Å². The summed E-state index contributed by atoms with van der Waals surface area (Å²) >= 11 is 7.75. The van der Waals surface area contributed by atoms with E-state index in [9.17, 15) is 13.2 Å². The molecule has 0 atom stereocenters. The van der Waals surface area contributed by atoms with Gasteiger partial charge in [0.1, 0.15) is 11.2 Å². The van der Waals surface area contributed by atoms with Crippen molar-refractivity contribution < 1.29 is 17.6 Å². The van der Waals surface area contributed by atoms with E-state index in [-0.39, 0.29) is 10.8 Å². The summed E-state index contributed by atoms with van der Waals surface area (Å²) in [6.07, 6.45) is 3.71. The maximum atomic E-state index is 13.0. The largest absolute Gasteiger partial charge is 0.456 e. The summed E-state index contributed by atoms with van der Waals surface area (Å²) in [6, 6.07) is 15.6. The number of thioether (sulfide) groups is 1. The first-order valence-corrected chi connectivity index (χ1v) is 13.5. The number of anilines is 1. The highest BCUT2D eigenvalue weighted by Crippen LogP contribution is 2.33. The van der Waals surface area contributed by atoms with Gasteiger partial charge in [-0.3, -0.25) is 4.79 Å². The third-order valence-electron chi connectivity index (χ3n) is 5.82. The van der Waals surface area contributed by atoms with Crippen LogP contribution in [0, 0.1) is 0 Å². The van der Waals surface area contributed by atoms with Gasteiger partial charge in [0.25, 0.3) is 5.91 Å². The molecule has 1 saturated heterocycles. The van der Waals surface area contributed by atoms with Crippen LogP contribution in [0.3, 0.4) is 0 Å². The molecule has 0 spiro atoms. The number of carbonyl (C=O) groups excluding carboxylic acids is 1. The molecule has 0 radical (unpaired) electrons. The van der Waals surface area contributed by atoms with Crippen LogP contribution in [0.4, 0.5) is 5.69 Å². The van der Waals surface area contributed by atoms with E-state index in [2.05, 4.69) is 5.32 Å². The van der Waals surface area contributed by atoms with Gasteiger partial charge in [-0.05, 0) is 67.6 Å². The smallest absolute Gasteiger partial charge is 0.257 e. The van der Waals surface area contributed by atoms with Crippen LogP contribution >= 0.6 is 23.4 Å². The number of nitrogens with one attached hydrogen (secondary N) is 1. The lowest BCUT2D eigenvalue weighted by atomic mass is 10.1. The molecule has 33 heavy (non-hydrogen) atoms. The fourth-order valence-electron chi connectivity index (χ4n) is 4.08. The number of amides is 1. The number of sulfonamides is 1. The second-order valence-corrected chi connectivity index (χ2v) is 11.1. The van der Waals surface area contributed by atoms with E-state index >= 15 is 0 Å². The molecule has 1 aromatic heterocycles. The summed E-state index contributed by atoms with van der Waals surface area (Å²) in [5.74, 6) is -0.314. The molecule has 1 aliphatic heterocycles. The Labute approximate surface area is 200 Å². The zero-order valence-corrected chi connectivity index (χ0v) is 20.2. The topological polar surface area (TPSA) is 79.6 Å². The molecule has 0 aliphatic carbocycles. The lowest BCUT2D eigenvalue weighted by Crippen LogP contribution is -2.27. The van der Waals surface area contributed by atoms with E-state index in [0.717, 1.165) is 28.5 Å². The van der Waals surface area contributed by atoms with Crippen molar-refractivity contribution in [1.29, 1.82) is 0 Å². The molecule has 2 heterocycles. The average Bonchev–Trinajstić information content (AvgIpc) is 3.47. The number of rotatable bonds is 5. The fraction of sp³-hybridized carbons (Fsp3) is 0.208. The molecule has 1 amide bonds. The molecular formula is C24H21ClN2O4S2. The molecule has 0 saturated carbocycles. The van der Waals surface area contributed by atoms with Gasteiger partial charge in [0.2, 0.25) is 10.0 Å². The van der Waals surface area contributed by atoms with E-state index in [1.54, 1.807) is 42.5 Å². The first-order valence-electron chi connectivity index (χ1n) is 10.5. The second-order valence-electron chi connectivity index (χ2n) is 7.88. The SMILES string of the molecule is CSc1ccc(Cl)c(C(=O)Nc2ccc3c(c2)oc2ccc(S(=O)(=O)N4CCCC4)cc23)c1. The Bertz CT molecular complexity index is 1490. The maximum Gasteiger partial charge on any atom is 0.257 e. The molecular weight excluding hydrogens is 480 g/mol. The Morgan fingerprint density at radius 2 is 1.79 bits per heavy atom. The number of nitrogens with zero attached hydrogens (tertiary/aromatic N) is 1. The van der Waals surface area contributed by atoms with Gasteiger partial charge in [-0.2, -0.15) is 4.31 Å². The van der Waals surface area contributed by atoms with Crippen molar-refractivity contribution in [1.82, 2.24) is 4.31 Å². The van der Waals surface area contributed by atoms with Crippen LogP contribution in [0.2, 0.25) is 5.02 Å². The molecule has 1 N–H and O–H groups in total. The van der Waals surface area contributed by atoms with E-state index in [1.807, 2.05) is 18.4 Å². The summed E-state index contributed by atoms with van der Waals surface area (Å²) in [6.45, 7) is 1.11. The summed E-state index contributed by atoms with van der Waals surface area (Å²) in [4.78, 5) is 14.0. The Morgan fingerprint density at radius 3 is 2.55 bits per heavy atom. The van der Waals surface area contributed by atoms with Crippen LogP contribution in [0.25, 0.3) is 21.9 Å². The highest BCUT2D eigenvalue weighted by molar-refractivity contribution is 7.98. The molecule has 9 heteroatoms. The third-order valence-corrected chi connectivity index (χ3v) is 8.77. The van der Waals surface area contributed by atoms with Crippen LogP contribution in [-0.4, -0.2) is 38.0 Å². The number of hydrogen-bond donors (Lipinski definition) is 1. The van der Waals surface area contributed by atoms with Gasteiger partial charge in [0.15, 0.2) is 0 Å². The van der Waals surface area contributed by atoms with Gasteiger partial charge in [-0.25, -0.2) is 8.42 Å². The minimum atomic E-state index is -3.52. The number of fused-ring (bicyclic) bond motifs is 3. The molecule has 0 bridgehead atoms. The van der Waals surface area contributed by atoms with Crippen molar-refractivity contribution >= 4 is 66.9 Å². The van der Waals surface area contributed by atoms with Gasteiger partial charge in [0.05, 0.1) is 15.5 Å². The van der Waals surface area contributed by atoms with Crippen molar-refractivity contribution in [2.24, 2.45) is 0 Å². The lowest BCUT2D eigenvalue weighted by Gasteiger charge is -2.15. The zero-order chi connectivity index (χ0) is 23.2. The van der Waals surface area contributed by atoms with Gasteiger partial charge in [-0.1, -0.05) is 11.6 Å². The summed E-state index contributed by atoms with van der Waals surface area (Å²) in [5, 5.41) is 4.74. The standard InChI is InChI=1S/C24H21ClN2O4S2/c1-32-16-5-8-21(25)20(13-16)24(28)26-15-4-7-18-19-14-17(6-9-22(19)31-23(18)12-15)33(29,30)27-10-2-3-11-27/h4-9,12-14H,2-3,10-11H2,1H3,(H,26,28). The molecule has 6 nitrogen and oxygen atoms in total. The number of halogens is 1.